The van der Waals surface area contributed by atoms with E-state index in [0.717, 1.165) is 57.3 Å². The number of anilines is 1. The zero-order valence-corrected chi connectivity index (χ0v) is 20.3. The summed E-state index contributed by atoms with van der Waals surface area (Å²) in [5.74, 6) is 1.75. The van der Waals surface area contributed by atoms with Crippen LogP contribution in [0.4, 0.5) is 5.82 Å². The standard InChI is InChI=1S/C29H30N4O2/c1-18-7-12-27(31-16-18)32-17-23-19(2)33-25-14-21(20-8-10-22(35-3)11-9-20)15-26(34)29(25)28(23)24-6-4-5-13-30-24/h4-13,16,21,28,33H,14-15,17H2,1-3H3,(H,31,32)/t21-,28+/m1/s1. The molecule has 5 rings (SSSR count). The van der Waals surface area contributed by atoms with E-state index in [1.54, 1.807) is 13.3 Å². The molecule has 2 aromatic heterocycles. The van der Waals surface area contributed by atoms with E-state index in [9.17, 15) is 4.79 Å². The molecule has 178 valence electrons. The molecule has 0 radical (unpaired) electrons. The Labute approximate surface area is 206 Å². The fourth-order valence-corrected chi connectivity index (χ4v) is 5.06. The summed E-state index contributed by atoms with van der Waals surface area (Å²) < 4.78 is 5.30. The van der Waals surface area contributed by atoms with Crippen LogP contribution in [0, 0.1) is 6.92 Å². The number of aryl methyl sites for hydroxylation is 1. The molecule has 0 saturated heterocycles. The second-order valence-electron chi connectivity index (χ2n) is 9.23. The molecule has 3 heterocycles. The summed E-state index contributed by atoms with van der Waals surface area (Å²) in [5, 5.41) is 7.04. The largest absolute Gasteiger partial charge is 0.497 e. The van der Waals surface area contributed by atoms with Gasteiger partial charge in [-0.1, -0.05) is 24.3 Å². The van der Waals surface area contributed by atoms with Crippen LogP contribution in [0.3, 0.4) is 0 Å². The van der Waals surface area contributed by atoms with Crippen molar-refractivity contribution < 1.29 is 9.53 Å². The molecule has 0 amide bonds. The first kappa shape index (κ1) is 22.8. The second kappa shape index (κ2) is 9.74. The van der Waals surface area contributed by atoms with E-state index in [1.165, 1.54) is 0 Å². The highest BCUT2D eigenvalue weighted by Crippen LogP contribution is 2.45. The summed E-state index contributed by atoms with van der Waals surface area (Å²) in [7, 11) is 1.66. The average Bonchev–Trinajstić information content (AvgIpc) is 2.88. The lowest BCUT2D eigenvalue weighted by Crippen LogP contribution is -2.35. The quantitative estimate of drug-likeness (QED) is 0.516. The fraction of sp³-hybridized carbons (Fsp3) is 0.276. The second-order valence-corrected chi connectivity index (χ2v) is 9.23. The van der Waals surface area contributed by atoms with Crippen LogP contribution in [0.15, 0.2) is 89.5 Å². The van der Waals surface area contributed by atoms with Crippen LogP contribution in [0.25, 0.3) is 0 Å². The third-order valence-corrected chi connectivity index (χ3v) is 6.91. The van der Waals surface area contributed by atoms with Gasteiger partial charge in [-0.15, -0.1) is 0 Å². The lowest BCUT2D eigenvalue weighted by Gasteiger charge is -2.37. The van der Waals surface area contributed by atoms with Crippen LogP contribution in [-0.2, 0) is 4.79 Å². The van der Waals surface area contributed by atoms with Gasteiger partial charge in [-0.2, -0.15) is 0 Å². The Hall–Kier alpha value is -3.93. The van der Waals surface area contributed by atoms with Crippen molar-refractivity contribution in [2.24, 2.45) is 0 Å². The number of carbonyl (C=O) groups excluding carboxylic acids is 1. The van der Waals surface area contributed by atoms with E-state index in [0.29, 0.717) is 13.0 Å². The summed E-state index contributed by atoms with van der Waals surface area (Å²) >= 11 is 0. The van der Waals surface area contributed by atoms with Gasteiger partial charge in [0.25, 0.3) is 0 Å². The summed E-state index contributed by atoms with van der Waals surface area (Å²) in [5.41, 5.74) is 7.18. The number of allylic oxidation sites excluding steroid dienone is 3. The molecular formula is C29H30N4O2. The summed E-state index contributed by atoms with van der Waals surface area (Å²) in [6.45, 7) is 4.68. The number of carbonyl (C=O) groups is 1. The third-order valence-electron chi connectivity index (χ3n) is 6.91. The van der Waals surface area contributed by atoms with Gasteiger partial charge >= 0.3 is 0 Å². The van der Waals surface area contributed by atoms with Crippen LogP contribution in [-0.4, -0.2) is 29.4 Å². The van der Waals surface area contributed by atoms with Crippen molar-refractivity contribution in [3.8, 4) is 5.75 Å². The number of pyridine rings is 2. The Kier molecular flexibility index (Phi) is 6.36. The molecule has 1 aromatic carbocycles. The van der Waals surface area contributed by atoms with E-state index < -0.39 is 0 Å². The predicted octanol–water partition coefficient (Wildman–Crippen LogP) is 5.27. The van der Waals surface area contributed by atoms with Crippen molar-refractivity contribution in [2.75, 3.05) is 19.0 Å². The first-order valence-corrected chi connectivity index (χ1v) is 12.0. The monoisotopic (exact) mass is 466 g/mol. The molecule has 0 unspecified atom stereocenters. The number of dihydropyridines is 1. The minimum atomic E-state index is -0.185. The number of ether oxygens (including phenoxy) is 1. The van der Waals surface area contributed by atoms with E-state index in [2.05, 4.69) is 39.7 Å². The Morgan fingerprint density at radius 2 is 1.86 bits per heavy atom. The van der Waals surface area contributed by atoms with Gasteiger partial charge in [0, 0.05) is 42.3 Å². The highest BCUT2D eigenvalue weighted by molar-refractivity contribution is 6.00. The molecule has 0 bridgehead atoms. The minimum absolute atomic E-state index is 0.133. The normalized spacial score (nSPS) is 19.8. The average molecular weight is 467 g/mol. The molecule has 2 atom stereocenters. The van der Waals surface area contributed by atoms with Gasteiger partial charge in [-0.3, -0.25) is 9.78 Å². The lowest BCUT2D eigenvalue weighted by molar-refractivity contribution is -0.116. The molecule has 3 aromatic rings. The SMILES string of the molecule is COc1ccc([C@H]2CC(=O)C3=C(C2)NC(C)=C(CNc2ccc(C)cn2)[C@H]3c2ccccn2)cc1. The van der Waals surface area contributed by atoms with E-state index in [-0.39, 0.29) is 17.6 Å². The first-order chi connectivity index (χ1) is 17.0. The number of hydrogen-bond acceptors (Lipinski definition) is 6. The van der Waals surface area contributed by atoms with E-state index >= 15 is 0 Å². The smallest absolute Gasteiger partial charge is 0.162 e. The third kappa shape index (κ3) is 4.69. The number of ketones is 1. The topological polar surface area (TPSA) is 76.1 Å². The number of nitrogens with zero attached hydrogens (tertiary/aromatic N) is 2. The number of hydrogen-bond donors (Lipinski definition) is 2. The van der Waals surface area contributed by atoms with Crippen LogP contribution >= 0.6 is 0 Å². The van der Waals surface area contributed by atoms with Crippen molar-refractivity contribution in [1.82, 2.24) is 15.3 Å². The lowest BCUT2D eigenvalue weighted by atomic mass is 9.73. The molecular weight excluding hydrogens is 436 g/mol. The molecule has 6 nitrogen and oxygen atoms in total. The number of aromatic nitrogens is 2. The number of Topliss-reactive ketones (excluding diaryl/α,β-unsaturated/α-hetero) is 1. The van der Waals surface area contributed by atoms with Crippen molar-refractivity contribution in [2.45, 2.75) is 38.5 Å². The summed E-state index contributed by atoms with van der Waals surface area (Å²) in [6, 6.07) is 18.0. The molecule has 1 aliphatic heterocycles. The van der Waals surface area contributed by atoms with Crippen molar-refractivity contribution >= 4 is 11.6 Å². The van der Waals surface area contributed by atoms with Crippen LogP contribution in [0.1, 0.15) is 48.4 Å². The number of rotatable bonds is 6. The molecule has 2 N–H and O–H groups in total. The molecule has 35 heavy (non-hydrogen) atoms. The molecule has 0 spiro atoms. The van der Waals surface area contributed by atoms with Crippen molar-refractivity contribution in [3.05, 3.63) is 106 Å². The zero-order chi connectivity index (χ0) is 24.4. The van der Waals surface area contributed by atoms with Gasteiger partial charge in [0.1, 0.15) is 11.6 Å². The molecule has 2 aliphatic rings. The predicted molar refractivity (Wildman–Crippen MR) is 137 cm³/mol. The summed E-state index contributed by atoms with van der Waals surface area (Å²) in [6.07, 6.45) is 4.92. The van der Waals surface area contributed by atoms with Gasteiger partial charge in [0.05, 0.1) is 18.7 Å². The van der Waals surface area contributed by atoms with E-state index in [4.69, 9.17) is 4.74 Å². The Morgan fingerprint density at radius 3 is 2.54 bits per heavy atom. The van der Waals surface area contributed by atoms with Crippen molar-refractivity contribution in [3.63, 3.8) is 0 Å². The number of methoxy groups -OCH3 is 1. The molecule has 0 fully saturated rings. The summed E-state index contributed by atoms with van der Waals surface area (Å²) in [4.78, 5) is 22.8. The maximum atomic E-state index is 13.7. The van der Waals surface area contributed by atoms with Gasteiger partial charge in [-0.05, 0) is 73.2 Å². The molecule has 1 aliphatic carbocycles. The van der Waals surface area contributed by atoms with Gasteiger partial charge in [-0.25, -0.2) is 4.98 Å². The number of nitrogens with one attached hydrogen (secondary N) is 2. The maximum Gasteiger partial charge on any atom is 0.162 e. The minimum Gasteiger partial charge on any atom is -0.497 e. The Balaban J connectivity index is 1.47. The molecule has 6 heteroatoms. The Morgan fingerprint density at radius 1 is 1.03 bits per heavy atom. The highest BCUT2D eigenvalue weighted by atomic mass is 16.5. The van der Waals surface area contributed by atoms with Crippen molar-refractivity contribution in [1.29, 1.82) is 0 Å². The zero-order valence-electron chi connectivity index (χ0n) is 20.3. The first-order valence-electron chi connectivity index (χ1n) is 12.0. The number of benzene rings is 1. The Bertz CT molecular complexity index is 1280. The van der Waals surface area contributed by atoms with Gasteiger partial charge in [0.15, 0.2) is 5.78 Å². The van der Waals surface area contributed by atoms with Gasteiger partial charge < -0.3 is 15.4 Å². The van der Waals surface area contributed by atoms with Gasteiger partial charge in [0.2, 0.25) is 0 Å². The van der Waals surface area contributed by atoms with Crippen LogP contribution < -0.4 is 15.4 Å². The fourth-order valence-electron chi connectivity index (χ4n) is 5.06. The van der Waals surface area contributed by atoms with Crippen LogP contribution in [0.5, 0.6) is 5.75 Å². The molecule has 0 saturated carbocycles. The maximum absolute atomic E-state index is 13.7. The highest BCUT2D eigenvalue weighted by Gasteiger charge is 2.39. The van der Waals surface area contributed by atoms with E-state index in [1.807, 2.05) is 55.6 Å². The van der Waals surface area contributed by atoms with Crippen LogP contribution in [0.2, 0.25) is 0 Å².